The summed E-state index contributed by atoms with van der Waals surface area (Å²) < 4.78 is 0. The summed E-state index contributed by atoms with van der Waals surface area (Å²) in [5, 5.41) is 1.81. The van der Waals surface area contributed by atoms with E-state index in [4.69, 9.17) is 0 Å². The first-order valence-electron chi connectivity index (χ1n) is 7.65. The number of aromatic nitrogens is 1. The zero-order chi connectivity index (χ0) is 16.2. The van der Waals surface area contributed by atoms with Crippen molar-refractivity contribution in [3.8, 4) is 0 Å². The third-order valence-corrected chi connectivity index (χ3v) is 4.96. The van der Waals surface area contributed by atoms with Gasteiger partial charge in [-0.2, -0.15) is 0 Å². The van der Waals surface area contributed by atoms with Crippen LogP contribution in [0.3, 0.4) is 0 Å². The molecule has 120 valence electrons. The fraction of sp³-hybridized carbons (Fsp3) is 0.353. The van der Waals surface area contributed by atoms with Crippen LogP contribution in [0.4, 0.5) is 0 Å². The Labute approximate surface area is 139 Å². The first kappa shape index (κ1) is 15.8. The number of pyridine rings is 1. The second kappa shape index (κ2) is 7.02. The van der Waals surface area contributed by atoms with E-state index in [1.807, 2.05) is 17.6 Å². The molecule has 1 fully saturated rings. The van der Waals surface area contributed by atoms with E-state index < -0.39 is 5.78 Å². The Bertz CT molecular complexity index is 692. The van der Waals surface area contributed by atoms with Gasteiger partial charge in [-0.05, 0) is 30.0 Å². The summed E-state index contributed by atoms with van der Waals surface area (Å²) in [4.78, 5) is 33.2. The third kappa shape index (κ3) is 3.65. The van der Waals surface area contributed by atoms with Gasteiger partial charge in [0.15, 0.2) is 0 Å². The van der Waals surface area contributed by atoms with E-state index in [0.717, 1.165) is 25.3 Å². The lowest BCUT2D eigenvalue weighted by Crippen LogP contribution is -2.50. The number of piperazine rings is 1. The molecule has 2 aromatic heterocycles. The van der Waals surface area contributed by atoms with Crippen LogP contribution in [0.2, 0.25) is 0 Å². The Kier molecular flexibility index (Phi) is 4.83. The minimum atomic E-state index is -0.394. The molecule has 0 unspecified atom stereocenters. The van der Waals surface area contributed by atoms with Gasteiger partial charge in [-0.15, -0.1) is 11.3 Å². The molecular weight excluding hydrogens is 310 g/mol. The number of hydrogen-bond acceptors (Lipinski definition) is 5. The smallest absolute Gasteiger partial charge is 0.295 e. The van der Waals surface area contributed by atoms with Gasteiger partial charge in [0, 0.05) is 38.9 Å². The van der Waals surface area contributed by atoms with Gasteiger partial charge in [0.2, 0.25) is 0 Å². The lowest BCUT2D eigenvalue weighted by atomic mass is 10.2. The molecule has 0 N–H and O–H groups in total. The van der Waals surface area contributed by atoms with Gasteiger partial charge in [0.1, 0.15) is 0 Å². The van der Waals surface area contributed by atoms with Crippen LogP contribution in [0.15, 0.2) is 35.8 Å². The monoisotopic (exact) mass is 329 g/mol. The van der Waals surface area contributed by atoms with Crippen molar-refractivity contribution in [1.29, 1.82) is 0 Å². The summed E-state index contributed by atoms with van der Waals surface area (Å²) in [6.45, 7) is 5.54. The SMILES string of the molecule is Cc1cccnc1CN1CCN(C(=O)C(=O)c2cccs2)CC1. The Morgan fingerprint density at radius 1 is 1.17 bits per heavy atom. The molecule has 0 saturated carbocycles. The highest BCUT2D eigenvalue weighted by Gasteiger charge is 2.27. The molecule has 5 nitrogen and oxygen atoms in total. The average molecular weight is 329 g/mol. The van der Waals surface area contributed by atoms with E-state index in [1.165, 1.54) is 16.9 Å². The maximum Gasteiger partial charge on any atom is 0.295 e. The zero-order valence-electron chi connectivity index (χ0n) is 13.1. The van der Waals surface area contributed by atoms with Crippen molar-refractivity contribution in [3.05, 3.63) is 52.0 Å². The molecule has 2 aromatic rings. The summed E-state index contributed by atoms with van der Waals surface area (Å²) in [5.41, 5.74) is 2.25. The summed E-state index contributed by atoms with van der Waals surface area (Å²) in [7, 11) is 0. The van der Waals surface area contributed by atoms with Crippen molar-refractivity contribution in [2.45, 2.75) is 13.5 Å². The van der Waals surface area contributed by atoms with E-state index >= 15 is 0 Å². The molecule has 1 amide bonds. The summed E-state index contributed by atoms with van der Waals surface area (Å²) >= 11 is 1.31. The quantitative estimate of drug-likeness (QED) is 0.636. The van der Waals surface area contributed by atoms with Gasteiger partial charge < -0.3 is 4.90 Å². The number of thiophene rings is 1. The average Bonchev–Trinajstić information content (AvgIpc) is 3.11. The maximum absolute atomic E-state index is 12.3. The minimum Gasteiger partial charge on any atom is -0.333 e. The van der Waals surface area contributed by atoms with Crippen LogP contribution in [0.5, 0.6) is 0 Å². The molecule has 6 heteroatoms. The van der Waals surface area contributed by atoms with E-state index in [9.17, 15) is 9.59 Å². The van der Waals surface area contributed by atoms with Crippen molar-refractivity contribution >= 4 is 23.0 Å². The number of carbonyl (C=O) groups is 2. The number of nitrogens with zero attached hydrogens (tertiary/aromatic N) is 3. The molecule has 3 heterocycles. The van der Waals surface area contributed by atoms with Crippen LogP contribution in [0.25, 0.3) is 0 Å². The van der Waals surface area contributed by atoms with E-state index in [-0.39, 0.29) is 5.91 Å². The van der Waals surface area contributed by atoms with Crippen molar-refractivity contribution in [2.75, 3.05) is 26.2 Å². The van der Waals surface area contributed by atoms with Gasteiger partial charge >= 0.3 is 0 Å². The predicted octanol–water partition coefficient (Wildman–Crippen LogP) is 1.98. The van der Waals surface area contributed by atoms with Crippen molar-refractivity contribution in [3.63, 3.8) is 0 Å². The topological polar surface area (TPSA) is 53.5 Å². The van der Waals surface area contributed by atoms with E-state index in [1.54, 1.807) is 17.0 Å². The van der Waals surface area contributed by atoms with Crippen molar-refractivity contribution < 1.29 is 9.59 Å². The van der Waals surface area contributed by atoms with Crippen molar-refractivity contribution in [1.82, 2.24) is 14.8 Å². The Morgan fingerprint density at radius 2 is 1.96 bits per heavy atom. The molecule has 1 aliphatic heterocycles. The molecule has 1 aliphatic rings. The normalized spacial score (nSPS) is 15.6. The Hall–Kier alpha value is -2.05. The number of ketones is 1. The number of amides is 1. The van der Waals surface area contributed by atoms with Gasteiger partial charge in [0.25, 0.3) is 11.7 Å². The number of aryl methyl sites for hydroxylation is 1. The fourth-order valence-corrected chi connectivity index (χ4v) is 3.32. The molecular formula is C17H19N3O2S. The molecule has 0 atom stereocenters. The molecule has 0 radical (unpaired) electrons. The Morgan fingerprint density at radius 3 is 2.61 bits per heavy atom. The zero-order valence-corrected chi connectivity index (χ0v) is 13.9. The highest BCUT2D eigenvalue weighted by Crippen LogP contribution is 2.14. The van der Waals surface area contributed by atoms with Gasteiger partial charge in [-0.1, -0.05) is 12.1 Å². The van der Waals surface area contributed by atoms with Crippen LogP contribution in [0, 0.1) is 6.92 Å². The first-order chi connectivity index (χ1) is 11.1. The molecule has 0 spiro atoms. The van der Waals surface area contributed by atoms with Gasteiger partial charge in [-0.25, -0.2) is 0 Å². The molecule has 3 rings (SSSR count). The van der Waals surface area contributed by atoms with Crippen LogP contribution in [-0.2, 0) is 11.3 Å². The van der Waals surface area contributed by atoms with E-state index in [2.05, 4.69) is 22.9 Å². The third-order valence-electron chi connectivity index (χ3n) is 4.09. The van der Waals surface area contributed by atoms with Crippen molar-refractivity contribution in [2.24, 2.45) is 0 Å². The van der Waals surface area contributed by atoms with Crippen LogP contribution in [-0.4, -0.2) is 52.7 Å². The first-order valence-corrected chi connectivity index (χ1v) is 8.53. The molecule has 1 saturated heterocycles. The fourth-order valence-electron chi connectivity index (χ4n) is 2.66. The standard InChI is InChI=1S/C17H19N3O2S/c1-13-4-2-6-18-14(13)12-19-7-9-20(10-8-19)17(22)16(21)15-5-3-11-23-15/h2-6,11H,7-10,12H2,1H3. The number of hydrogen-bond donors (Lipinski definition) is 0. The number of Topliss-reactive ketones (excluding diaryl/α,β-unsaturated/α-hetero) is 1. The van der Waals surface area contributed by atoms with Gasteiger partial charge in [0.05, 0.1) is 10.6 Å². The predicted molar refractivity (Wildman–Crippen MR) is 89.5 cm³/mol. The number of carbonyl (C=O) groups excluding carboxylic acids is 2. The van der Waals surface area contributed by atoms with Crippen LogP contribution in [0.1, 0.15) is 20.9 Å². The summed E-state index contributed by atoms with van der Waals surface area (Å²) in [6, 6.07) is 7.48. The summed E-state index contributed by atoms with van der Waals surface area (Å²) in [5.74, 6) is -0.782. The largest absolute Gasteiger partial charge is 0.333 e. The van der Waals surface area contributed by atoms with Crippen LogP contribution < -0.4 is 0 Å². The highest BCUT2D eigenvalue weighted by atomic mass is 32.1. The van der Waals surface area contributed by atoms with Gasteiger partial charge in [-0.3, -0.25) is 19.5 Å². The van der Waals surface area contributed by atoms with E-state index in [0.29, 0.717) is 18.0 Å². The lowest BCUT2D eigenvalue weighted by Gasteiger charge is -2.34. The second-order valence-electron chi connectivity index (χ2n) is 5.64. The second-order valence-corrected chi connectivity index (χ2v) is 6.59. The number of rotatable bonds is 4. The molecule has 0 aliphatic carbocycles. The minimum absolute atomic E-state index is 0.388. The summed E-state index contributed by atoms with van der Waals surface area (Å²) in [6.07, 6.45) is 1.81. The Balaban J connectivity index is 1.55. The molecule has 0 bridgehead atoms. The maximum atomic E-state index is 12.3. The highest BCUT2D eigenvalue weighted by molar-refractivity contribution is 7.12. The van der Waals surface area contributed by atoms with Crippen LogP contribution >= 0.6 is 11.3 Å². The molecule has 23 heavy (non-hydrogen) atoms. The lowest BCUT2D eigenvalue weighted by molar-refractivity contribution is -0.128. The molecule has 0 aromatic carbocycles.